The Kier molecular flexibility index (Phi) is 3.89. The fourth-order valence-electron chi connectivity index (χ4n) is 1.04. The van der Waals surface area contributed by atoms with Crippen molar-refractivity contribution in [2.24, 2.45) is 0 Å². The molecule has 0 fully saturated rings. The summed E-state index contributed by atoms with van der Waals surface area (Å²) in [7, 11) is 0. The second kappa shape index (κ2) is 4.97. The van der Waals surface area contributed by atoms with Crippen LogP contribution in [0.5, 0.6) is 0 Å². The van der Waals surface area contributed by atoms with E-state index in [2.05, 4.69) is 20.9 Å². The molecule has 0 saturated carbocycles. The molecule has 4 heteroatoms. The van der Waals surface area contributed by atoms with E-state index in [9.17, 15) is 4.79 Å². The van der Waals surface area contributed by atoms with Crippen LogP contribution in [0, 0.1) is 0 Å². The minimum absolute atomic E-state index is 0.217. The number of hydrogen-bond acceptors (Lipinski definition) is 2. The SMILES string of the molecule is O=C(O)CCCc1ccncc1Br. The molecule has 1 aromatic heterocycles. The van der Waals surface area contributed by atoms with E-state index in [4.69, 9.17) is 5.11 Å². The van der Waals surface area contributed by atoms with Gasteiger partial charge in [-0.25, -0.2) is 0 Å². The molecular weight excluding hydrogens is 234 g/mol. The first-order valence-corrected chi connectivity index (χ1v) is 4.79. The van der Waals surface area contributed by atoms with Crippen LogP contribution in [0.15, 0.2) is 22.9 Å². The Morgan fingerprint density at radius 3 is 3.00 bits per heavy atom. The Labute approximate surface area is 84.9 Å². The Hall–Kier alpha value is -0.900. The van der Waals surface area contributed by atoms with Crippen molar-refractivity contribution in [2.45, 2.75) is 19.3 Å². The first kappa shape index (κ1) is 10.2. The summed E-state index contributed by atoms with van der Waals surface area (Å²) in [6.45, 7) is 0. The first-order chi connectivity index (χ1) is 6.20. The summed E-state index contributed by atoms with van der Waals surface area (Å²) in [5.74, 6) is -0.745. The molecule has 0 aliphatic carbocycles. The number of carbonyl (C=O) groups is 1. The van der Waals surface area contributed by atoms with E-state index in [-0.39, 0.29) is 6.42 Å². The maximum Gasteiger partial charge on any atom is 0.303 e. The van der Waals surface area contributed by atoms with Crippen LogP contribution in [0.1, 0.15) is 18.4 Å². The normalized spacial score (nSPS) is 9.92. The highest BCUT2D eigenvalue weighted by Gasteiger charge is 2.01. The number of aliphatic carboxylic acids is 1. The second-order valence-corrected chi connectivity index (χ2v) is 3.57. The summed E-state index contributed by atoms with van der Waals surface area (Å²) in [6.07, 6.45) is 5.08. The zero-order chi connectivity index (χ0) is 9.68. The van der Waals surface area contributed by atoms with Crippen molar-refractivity contribution < 1.29 is 9.90 Å². The van der Waals surface area contributed by atoms with Crippen molar-refractivity contribution in [3.05, 3.63) is 28.5 Å². The van der Waals surface area contributed by atoms with E-state index in [1.165, 1.54) is 0 Å². The minimum atomic E-state index is -0.745. The van der Waals surface area contributed by atoms with Crippen LogP contribution in [-0.4, -0.2) is 16.1 Å². The van der Waals surface area contributed by atoms with E-state index in [1.54, 1.807) is 12.4 Å². The van der Waals surface area contributed by atoms with Crippen LogP contribution in [0.4, 0.5) is 0 Å². The van der Waals surface area contributed by atoms with Gasteiger partial charge in [-0.1, -0.05) is 0 Å². The number of aryl methyl sites for hydroxylation is 1. The number of pyridine rings is 1. The van der Waals surface area contributed by atoms with E-state index in [1.807, 2.05) is 6.07 Å². The molecule has 1 aromatic rings. The average molecular weight is 244 g/mol. The zero-order valence-electron chi connectivity index (χ0n) is 7.03. The first-order valence-electron chi connectivity index (χ1n) is 4.00. The molecule has 0 aliphatic heterocycles. The number of halogens is 1. The Morgan fingerprint density at radius 2 is 2.38 bits per heavy atom. The van der Waals surface area contributed by atoms with Crippen LogP contribution in [0.25, 0.3) is 0 Å². The number of aromatic nitrogens is 1. The predicted molar refractivity (Wildman–Crippen MR) is 52.5 cm³/mol. The second-order valence-electron chi connectivity index (χ2n) is 2.71. The Bertz CT molecular complexity index is 301. The van der Waals surface area contributed by atoms with Crippen LogP contribution < -0.4 is 0 Å². The zero-order valence-corrected chi connectivity index (χ0v) is 8.62. The van der Waals surface area contributed by atoms with Crippen molar-refractivity contribution in [1.29, 1.82) is 0 Å². The van der Waals surface area contributed by atoms with E-state index in [0.29, 0.717) is 6.42 Å². The summed E-state index contributed by atoms with van der Waals surface area (Å²) < 4.78 is 0.945. The van der Waals surface area contributed by atoms with Gasteiger partial charge in [-0.3, -0.25) is 9.78 Å². The maximum atomic E-state index is 10.3. The highest BCUT2D eigenvalue weighted by molar-refractivity contribution is 9.10. The summed E-state index contributed by atoms with van der Waals surface area (Å²) in [5, 5.41) is 8.44. The molecule has 1 rings (SSSR count). The smallest absolute Gasteiger partial charge is 0.303 e. The minimum Gasteiger partial charge on any atom is -0.481 e. The van der Waals surface area contributed by atoms with Gasteiger partial charge >= 0.3 is 5.97 Å². The van der Waals surface area contributed by atoms with Crippen molar-refractivity contribution in [3.63, 3.8) is 0 Å². The lowest BCUT2D eigenvalue weighted by Crippen LogP contribution is -1.96. The van der Waals surface area contributed by atoms with Gasteiger partial charge in [-0.05, 0) is 40.4 Å². The van der Waals surface area contributed by atoms with Gasteiger partial charge in [-0.15, -0.1) is 0 Å². The van der Waals surface area contributed by atoms with Gasteiger partial charge in [0.1, 0.15) is 0 Å². The molecule has 13 heavy (non-hydrogen) atoms. The van der Waals surface area contributed by atoms with Gasteiger partial charge in [0.05, 0.1) is 0 Å². The summed E-state index contributed by atoms with van der Waals surface area (Å²) >= 11 is 3.35. The molecule has 0 bridgehead atoms. The number of nitrogens with zero attached hydrogens (tertiary/aromatic N) is 1. The monoisotopic (exact) mass is 243 g/mol. The molecule has 1 N–H and O–H groups in total. The largest absolute Gasteiger partial charge is 0.481 e. The fraction of sp³-hybridized carbons (Fsp3) is 0.333. The van der Waals surface area contributed by atoms with Gasteiger partial charge in [0.15, 0.2) is 0 Å². The molecule has 3 nitrogen and oxygen atoms in total. The van der Waals surface area contributed by atoms with Crippen molar-refractivity contribution in [2.75, 3.05) is 0 Å². The molecule has 70 valence electrons. The van der Waals surface area contributed by atoms with Gasteiger partial charge in [-0.2, -0.15) is 0 Å². The quantitative estimate of drug-likeness (QED) is 0.883. The molecular formula is C9H10BrNO2. The summed E-state index contributed by atoms with van der Waals surface area (Å²) in [6, 6.07) is 1.89. The van der Waals surface area contributed by atoms with Crippen molar-refractivity contribution >= 4 is 21.9 Å². The van der Waals surface area contributed by atoms with Gasteiger partial charge in [0.2, 0.25) is 0 Å². The third-order valence-electron chi connectivity index (χ3n) is 1.69. The summed E-state index contributed by atoms with van der Waals surface area (Å²) in [5.41, 5.74) is 1.11. The Balaban J connectivity index is 2.45. The number of hydrogen-bond donors (Lipinski definition) is 1. The van der Waals surface area contributed by atoms with Crippen molar-refractivity contribution in [3.8, 4) is 0 Å². The Morgan fingerprint density at radius 1 is 1.62 bits per heavy atom. The number of rotatable bonds is 4. The third kappa shape index (κ3) is 3.55. The fourth-order valence-corrected chi connectivity index (χ4v) is 1.49. The number of carboxylic acids is 1. The molecule has 0 unspecified atom stereocenters. The standard InChI is InChI=1S/C9H10BrNO2/c10-8-6-11-5-4-7(8)2-1-3-9(12)13/h4-6H,1-3H2,(H,12,13). The third-order valence-corrected chi connectivity index (χ3v) is 2.41. The lowest BCUT2D eigenvalue weighted by atomic mass is 10.1. The molecule has 0 aromatic carbocycles. The molecule has 0 aliphatic rings. The molecule has 0 radical (unpaired) electrons. The van der Waals surface area contributed by atoms with Crippen LogP contribution in [-0.2, 0) is 11.2 Å². The molecule has 0 spiro atoms. The average Bonchev–Trinajstić information content (AvgIpc) is 2.08. The maximum absolute atomic E-state index is 10.3. The van der Waals surface area contributed by atoms with E-state index >= 15 is 0 Å². The van der Waals surface area contributed by atoms with Gasteiger partial charge in [0, 0.05) is 23.3 Å². The lowest BCUT2D eigenvalue weighted by Gasteiger charge is -2.01. The molecule has 0 saturated heterocycles. The highest BCUT2D eigenvalue weighted by Crippen LogP contribution is 2.16. The molecule has 0 atom stereocenters. The highest BCUT2D eigenvalue weighted by atomic mass is 79.9. The predicted octanol–water partition coefficient (Wildman–Crippen LogP) is 2.25. The van der Waals surface area contributed by atoms with Gasteiger partial charge in [0.25, 0.3) is 0 Å². The van der Waals surface area contributed by atoms with E-state index in [0.717, 1.165) is 16.5 Å². The lowest BCUT2D eigenvalue weighted by molar-refractivity contribution is -0.137. The van der Waals surface area contributed by atoms with Crippen LogP contribution in [0.2, 0.25) is 0 Å². The number of carboxylic acid groups (broad SMARTS) is 1. The molecule has 0 amide bonds. The summed E-state index contributed by atoms with van der Waals surface area (Å²) in [4.78, 5) is 14.2. The van der Waals surface area contributed by atoms with E-state index < -0.39 is 5.97 Å². The topological polar surface area (TPSA) is 50.2 Å². The van der Waals surface area contributed by atoms with Crippen LogP contribution >= 0.6 is 15.9 Å². The molecule has 1 heterocycles. The van der Waals surface area contributed by atoms with Crippen molar-refractivity contribution in [1.82, 2.24) is 4.98 Å². The van der Waals surface area contributed by atoms with Crippen LogP contribution in [0.3, 0.4) is 0 Å². The van der Waals surface area contributed by atoms with Gasteiger partial charge < -0.3 is 5.11 Å².